The van der Waals surface area contributed by atoms with Crippen molar-refractivity contribution in [2.45, 2.75) is 24.7 Å². The van der Waals surface area contributed by atoms with Crippen LogP contribution in [-0.4, -0.2) is 31.9 Å². The first-order valence-corrected chi connectivity index (χ1v) is 6.75. The normalized spacial score (nSPS) is 24.6. The van der Waals surface area contributed by atoms with E-state index in [0.717, 1.165) is 37.9 Å². The predicted octanol–water partition coefficient (Wildman–Crippen LogP) is 2.35. The molecule has 0 aliphatic carbocycles. The molecule has 0 spiro atoms. The van der Waals surface area contributed by atoms with Crippen molar-refractivity contribution in [3.05, 3.63) is 28.8 Å². The Bertz CT molecular complexity index is 401. The summed E-state index contributed by atoms with van der Waals surface area (Å²) < 4.78 is 5.17. The van der Waals surface area contributed by atoms with Gasteiger partial charge in [-0.1, -0.05) is 17.7 Å². The van der Waals surface area contributed by atoms with Crippen LogP contribution in [0.25, 0.3) is 0 Å². The molecule has 1 saturated heterocycles. The van der Waals surface area contributed by atoms with Gasteiger partial charge in [-0.25, -0.2) is 0 Å². The summed E-state index contributed by atoms with van der Waals surface area (Å²) in [6, 6.07) is 5.83. The summed E-state index contributed by atoms with van der Waals surface area (Å²) in [4.78, 5) is 0. The Labute approximate surface area is 113 Å². The van der Waals surface area contributed by atoms with E-state index in [0.29, 0.717) is 10.8 Å². The van der Waals surface area contributed by atoms with E-state index >= 15 is 0 Å². The largest absolute Gasteiger partial charge is 0.495 e. The zero-order valence-electron chi connectivity index (χ0n) is 10.7. The number of methoxy groups -OCH3 is 1. The Hall–Kier alpha value is -0.770. The Kier molecular flexibility index (Phi) is 4.49. The standard InChI is InChI=1S/C14H20ClNO2/c1-18-13-4-3-11(9-12(13)15)14(10-17)5-2-7-16-8-6-14/h3-4,9,16-17H,2,5-8,10H2,1H3. The molecule has 1 unspecified atom stereocenters. The summed E-state index contributed by atoms with van der Waals surface area (Å²) in [7, 11) is 1.61. The second-order valence-electron chi connectivity index (χ2n) is 4.89. The molecule has 100 valence electrons. The molecular formula is C14H20ClNO2. The number of nitrogens with one attached hydrogen (secondary N) is 1. The molecule has 4 heteroatoms. The van der Waals surface area contributed by atoms with Crippen LogP contribution in [0, 0.1) is 0 Å². The van der Waals surface area contributed by atoms with Gasteiger partial charge in [0.05, 0.1) is 18.7 Å². The smallest absolute Gasteiger partial charge is 0.137 e. The van der Waals surface area contributed by atoms with Crippen molar-refractivity contribution in [1.29, 1.82) is 0 Å². The summed E-state index contributed by atoms with van der Waals surface area (Å²) in [6.45, 7) is 2.12. The van der Waals surface area contributed by atoms with Gasteiger partial charge in [0.25, 0.3) is 0 Å². The van der Waals surface area contributed by atoms with Gasteiger partial charge in [0.1, 0.15) is 5.75 Å². The van der Waals surface area contributed by atoms with Gasteiger partial charge in [-0.15, -0.1) is 0 Å². The number of hydrogen-bond donors (Lipinski definition) is 2. The van der Waals surface area contributed by atoms with E-state index in [2.05, 4.69) is 5.32 Å². The van der Waals surface area contributed by atoms with Crippen molar-refractivity contribution in [1.82, 2.24) is 5.32 Å². The zero-order valence-corrected chi connectivity index (χ0v) is 11.5. The lowest BCUT2D eigenvalue weighted by atomic mass is 9.75. The van der Waals surface area contributed by atoms with Crippen molar-refractivity contribution in [3.8, 4) is 5.75 Å². The number of aliphatic hydroxyl groups excluding tert-OH is 1. The Balaban J connectivity index is 2.33. The second kappa shape index (κ2) is 5.91. The van der Waals surface area contributed by atoms with Crippen molar-refractivity contribution in [2.75, 3.05) is 26.8 Å². The number of benzene rings is 1. The van der Waals surface area contributed by atoms with Crippen LogP contribution in [0.3, 0.4) is 0 Å². The fourth-order valence-corrected chi connectivity index (χ4v) is 2.92. The molecule has 1 fully saturated rings. The highest BCUT2D eigenvalue weighted by Gasteiger charge is 2.32. The second-order valence-corrected chi connectivity index (χ2v) is 5.30. The number of hydrogen-bond acceptors (Lipinski definition) is 3. The summed E-state index contributed by atoms with van der Waals surface area (Å²) in [5, 5.41) is 13.8. The van der Waals surface area contributed by atoms with Crippen LogP contribution in [0.15, 0.2) is 18.2 Å². The van der Waals surface area contributed by atoms with Crippen molar-refractivity contribution < 1.29 is 9.84 Å². The molecule has 2 N–H and O–H groups in total. The van der Waals surface area contributed by atoms with Gasteiger partial charge in [-0.3, -0.25) is 0 Å². The summed E-state index contributed by atoms with van der Waals surface area (Å²) in [5.74, 6) is 0.681. The average molecular weight is 270 g/mol. The summed E-state index contributed by atoms with van der Waals surface area (Å²) in [5.41, 5.74) is 0.943. The zero-order chi connectivity index (χ0) is 13.0. The first-order chi connectivity index (χ1) is 8.72. The minimum Gasteiger partial charge on any atom is -0.495 e. The first kappa shape index (κ1) is 13.7. The Morgan fingerprint density at radius 2 is 2.22 bits per heavy atom. The van der Waals surface area contributed by atoms with Crippen molar-refractivity contribution in [3.63, 3.8) is 0 Å². The van der Waals surface area contributed by atoms with Gasteiger partial charge < -0.3 is 15.2 Å². The van der Waals surface area contributed by atoms with Crippen LogP contribution >= 0.6 is 11.6 Å². The predicted molar refractivity (Wildman–Crippen MR) is 73.5 cm³/mol. The molecule has 1 aliphatic heterocycles. The summed E-state index contributed by atoms with van der Waals surface area (Å²) in [6.07, 6.45) is 3.00. The maximum atomic E-state index is 9.84. The minimum atomic E-state index is -0.167. The molecule has 1 aliphatic rings. The van der Waals surface area contributed by atoms with E-state index in [-0.39, 0.29) is 12.0 Å². The maximum Gasteiger partial charge on any atom is 0.137 e. The van der Waals surface area contributed by atoms with Crippen LogP contribution < -0.4 is 10.1 Å². The van der Waals surface area contributed by atoms with Gasteiger partial charge in [-0.05, 0) is 50.0 Å². The van der Waals surface area contributed by atoms with Crippen LogP contribution in [0.5, 0.6) is 5.75 Å². The first-order valence-electron chi connectivity index (χ1n) is 6.37. The quantitative estimate of drug-likeness (QED) is 0.885. The van der Waals surface area contributed by atoms with Gasteiger partial charge in [0.15, 0.2) is 0 Å². The number of halogens is 1. The molecule has 1 heterocycles. The van der Waals surface area contributed by atoms with Gasteiger partial charge in [0.2, 0.25) is 0 Å². The Morgan fingerprint density at radius 3 is 2.89 bits per heavy atom. The third kappa shape index (κ3) is 2.63. The fourth-order valence-electron chi connectivity index (χ4n) is 2.66. The van der Waals surface area contributed by atoms with E-state index in [1.54, 1.807) is 7.11 Å². The van der Waals surface area contributed by atoms with Gasteiger partial charge in [-0.2, -0.15) is 0 Å². The highest BCUT2D eigenvalue weighted by atomic mass is 35.5. The number of rotatable bonds is 3. The lowest BCUT2D eigenvalue weighted by molar-refractivity contribution is 0.178. The van der Waals surface area contributed by atoms with Crippen LogP contribution in [0.4, 0.5) is 0 Å². The molecule has 1 aromatic carbocycles. The van der Waals surface area contributed by atoms with Crippen LogP contribution in [0.2, 0.25) is 5.02 Å². The van der Waals surface area contributed by atoms with E-state index in [4.69, 9.17) is 16.3 Å². The van der Waals surface area contributed by atoms with Crippen molar-refractivity contribution in [2.24, 2.45) is 0 Å². The molecule has 0 saturated carbocycles. The third-order valence-corrected chi connectivity index (χ3v) is 4.15. The lowest BCUT2D eigenvalue weighted by Gasteiger charge is -2.31. The third-order valence-electron chi connectivity index (χ3n) is 3.86. The van der Waals surface area contributed by atoms with E-state index in [1.165, 1.54) is 0 Å². The topological polar surface area (TPSA) is 41.5 Å². The molecule has 1 aromatic rings. The lowest BCUT2D eigenvalue weighted by Crippen LogP contribution is -2.31. The molecule has 0 bridgehead atoms. The molecule has 0 aromatic heterocycles. The van der Waals surface area contributed by atoms with E-state index in [1.807, 2.05) is 18.2 Å². The molecule has 3 nitrogen and oxygen atoms in total. The monoisotopic (exact) mass is 269 g/mol. The van der Waals surface area contributed by atoms with Gasteiger partial charge >= 0.3 is 0 Å². The number of aliphatic hydroxyl groups is 1. The molecule has 18 heavy (non-hydrogen) atoms. The fraction of sp³-hybridized carbons (Fsp3) is 0.571. The molecule has 1 atom stereocenters. The Morgan fingerprint density at radius 1 is 1.39 bits per heavy atom. The van der Waals surface area contributed by atoms with E-state index in [9.17, 15) is 5.11 Å². The minimum absolute atomic E-state index is 0.164. The highest BCUT2D eigenvalue weighted by molar-refractivity contribution is 6.32. The van der Waals surface area contributed by atoms with E-state index < -0.39 is 0 Å². The molecular weight excluding hydrogens is 250 g/mol. The average Bonchev–Trinajstić information content (AvgIpc) is 2.65. The molecule has 2 rings (SSSR count). The summed E-state index contributed by atoms with van der Waals surface area (Å²) >= 11 is 6.19. The van der Waals surface area contributed by atoms with Crippen molar-refractivity contribution >= 4 is 11.6 Å². The maximum absolute atomic E-state index is 9.84. The van der Waals surface area contributed by atoms with Gasteiger partial charge in [0, 0.05) is 5.41 Å². The molecule has 0 radical (unpaired) electrons. The highest BCUT2D eigenvalue weighted by Crippen LogP contribution is 2.37. The van der Waals surface area contributed by atoms with Crippen LogP contribution in [0.1, 0.15) is 24.8 Å². The number of ether oxygens (including phenoxy) is 1. The molecule has 0 amide bonds. The van der Waals surface area contributed by atoms with Crippen LogP contribution in [-0.2, 0) is 5.41 Å². The SMILES string of the molecule is COc1ccc(C2(CO)CCCNCC2)cc1Cl.